The lowest BCUT2D eigenvalue weighted by molar-refractivity contribution is 0.444. The van der Waals surface area contributed by atoms with E-state index in [-0.39, 0.29) is 0 Å². The average molecular weight is 267 g/mol. The highest BCUT2D eigenvalue weighted by atomic mass is 15.1. The van der Waals surface area contributed by atoms with Crippen molar-refractivity contribution >= 4 is 16.6 Å². The van der Waals surface area contributed by atoms with Crippen LogP contribution in [0.2, 0.25) is 0 Å². The number of hydrogen-bond acceptors (Lipinski definition) is 3. The van der Waals surface area contributed by atoms with Crippen LogP contribution in [-0.2, 0) is 0 Å². The highest BCUT2D eigenvalue weighted by molar-refractivity contribution is 5.90. The molecule has 0 saturated heterocycles. The summed E-state index contributed by atoms with van der Waals surface area (Å²) < 4.78 is 0. The zero-order valence-corrected chi connectivity index (χ0v) is 11.8. The highest BCUT2D eigenvalue weighted by Gasteiger charge is 2.17. The van der Waals surface area contributed by atoms with Crippen LogP contribution in [0.1, 0.15) is 49.3 Å². The summed E-state index contributed by atoms with van der Waals surface area (Å²) in [7, 11) is 0. The molecule has 0 unspecified atom stereocenters. The second kappa shape index (κ2) is 5.51. The third kappa shape index (κ3) is 2.47. The summed E-state index contributed by atoms with van der Waals surface area (Å²) in [6.45, 7) is 1.94. The van der Waals surface area contributed by atoms with E-state index >= 15 is 0 Å². The number of fused-ring (bicyclic) bond motifs is 1. The molecule has 1 aliphatic carbocycles. The second-order valence-corrected chi connectivity index (χ2v) is 5.59. The van der Waals surface area contributed by atoms with Gasteiger partial charge in [0.15, 0.2) is 10.8 Å². The second-order valence-electron chi connectivity index (χ2n) is 5.59. The van der Waals surface area contributed by atoms with Crippen LogP contribution in [0.25, 0.3) is 10.9 Å². The van der Waals surface area contributed by atoms with Crippen molar-refractivity contribution in [3.8, 4) is 0 Å². The Bertz CT molecular complexity index is 680. The molecular weight excluding hydrogens is 248 g/mol. The van der Waals surface area contributed by atoms with Gasteiger partial charge in [0.05, 0.1) is 5.52 Å². The van der Waals surface area contributed by atoms with Crippen LogP contribution in [-0.4, -0.2) is 4.98 Å². The third-order valence-electron chi connectivity index (χ3n) is 4.17. The van der Waals surface area contributed by atoms with E-state index in [0.717, 1.165) is 22.3 Å². The molecule has 102 valence electrons. The van der Waals surface area contributed by atoms with Crippen molar-refractivity contribution in [2.45, 2.75) is 44.9 Å². The Morgan fingerprint density at radius 2 is 2.00 bits per heavy atom. The fourth-order valence-electron chi connectivity index (χ4n) is 3.18. The lowest BCUT2D eigenvalue weighted by Gasteiger charge is -2.22. The van der Waals surface area contributed by atoms with Crippen LogP contribution in [0.3, 0.4) is 0 Å². The van der Waals surface area contributed by atoms with Gasteiger partial charge in [0.1, 0.15) is 5.53 Å². The fourth-order valence-corrected chi connectivity index (χ4v) is 3.18. The molecule has 2 aromatic rings. The molecule has 4 heteroatoms. The lowest BCUT2D eigenvalue weighted by atomic mass is 9.83. The van der Waals surface area contributed by atoms with E-state index in [0.29, 0.717) is 5.92 Å². The minimum Gasteiger partial charge on any atom is -0.253 e. The molecule has 1 aliphatic rings. The molecule has 1 saturated carbocycles. The van der Waals surface area contributed by atoms with Crippen LogP contribution in [0.4, 0.5) is 5.69 Å². The monoisotopic (exact) mass is 267 g/mol. The number of rotatable bonds is 2. The topological polar surface area (TPSA) is 63.2 Å². The molecule has 0 radical (unpaired) electrons. The van der Waals surface area contributed by atoms with E-state index in [1.165, 1.54) is 37.7 Å². The number of benzene rings is 1. The summed E-state index contributed by atoms with van der Waals surface area (Å²) in [6.07, 6.45) is 6.57. The normalized spacial score (nSPS) is 16.1. The Morgan fingerprint density at radius 3 is 2.75 bits per heavy atom. The Kier molecular flexibility index (Phi) is 3.57. The molecule has 0 atom stereocenters. The van der Waals surface area contributed by atoms with Crippen LogP contribution < -0.4 is 4.91 Å². The molecule has 20 heavy (non-hydrogen) atoms. The number of nitrogens with zero attached hydrogens (tertiary/aromatic N) is 3. The number of aryl methyl sites for hydroxylation is 1. The standard InChI is InChI=1S/C16H19N4/c1-11-9-16(19-20-17)14-10-13(7-8-15(14)18-11)12-5-3-2-4-6-12/h7-10,12,17H,2-6H2,1H3/q+1. The van der Waals surface area contributed by atoms with Gasteiger partial charge in [0.2, 0.25) is 4.91 Å². The van der Waals surface area contributed by atoms with Gasteiger partial charge in [-0.3, -0.25) is 4.98 Å². The SMILES string of the molecule is Cc1cc(N=[N+]=N)c2cc(C3CCCCC3)ccc2n1. The van der Waals surface area contributed by atoms with Crippen molar-refractivity contribution in [2.24, 2.45) is 5.11 Å². The average Bonchev–Trinajstić information content (AvgIpc) is 2.48. The highest BCUT2D eigenvalue weighted by Crippen LogP contribution is 2.35. The number of pyridine rings is 1. The van der Waals surface area contributed by atoms with Crippen LogP contribution in [0.5, 0.6) is 0 Å². The Labute approximate surface area is 118 Å². The molecule has 3 rings (SSSR count). The molecule has 0 bridgehead atoms. The van der Waals surface area contributed by atoms with Crippen molar-refractivity contribution in [3.05, 3.63) is 35.5 Å². The van der Waals surface area contributed by atoms with E-state index in [1.807, 2.05) is 13.0 Å². The molecule has 1 aromatic heterocycles. The van der Waals surface area contributed by atoms with Gasteiger partial charge in [0, 0.05) is 11.1 Å². The molecule has 1 aromatic carbocycles. The van der Waals surface area contributed by atoms with Crippen LogP contribution >= 0.6 is 0 Å². The van der Waals surface area contributed by atoms with E-state index in [2.05, 4.69) is 33.2 Å². The molecule has 0 amide bonds. The van der Waals surface area contributed by atoms with Gasteiger partial charge in [-0.05, 0) is 49.4 Å². The predicted octanol–water partition coefficient (Wildman–Crippen LogP) is 4.77. The summed E-state index contributed by atoms with van der Waals surface area (Å²) in [6, 6.07) is 8.37. The number of nitrogens with one attached hydrogen (secondary N) is 1. The number of hydrogen-bond donors (Lipinski definition) is 1. The molecule has 0 spiro atoms. The van der Waals surface area contributed by atoms with Crippen LogP contribution in [0.15, 0.2) is 29.4 Å². The summed E-state index contributed by atoms with van der Waals surface area (Å²) in [5, 5.41) is 4.94. The van der Waals surface area contributed by atoms with Gasteiger partial charge >= 0.3 is 0 Å². The van der Waals surface area contributed by atoms with Crippen molar-refractivity contribution < 1.29 is 0 Å². The maximum Gasteiger partial charge on any atom is 0.220 e. The van der Waals surface area contributed by atoms with Gasteiger partial charge in [-0.25, -0.2) is 0 Å². The Hall–Kier alpha value is -2.06. The fraction of sp³-hybridized carbons (Fsp3) is 0.438. The Morgan fingerprint density at radius 1 is 1.20 bits per heavy atom. The maximum absolute atomic E-state index is 6.97. The molecule has 1 heterocycles. The third-order valence-corrected chi connectivity index (χ3v) is 4.17. The first-order valence-electron chi connectivity index (χ1n) is 7.26. The zero-order chi connectivity index (χ0) is 13.9. The van der Waals surface area contributed by atoms with E-state index in [4.69, 9.17) is 5.53 Å². The summed E-state index contributed by atoms with van der Waals surface area (Å²) >= 11 is 0. The maximum atomic E-state index is 6.97. The quantitative estimate of drug-likeness (QED) is 0.618. The van der Waals surface area contributed by atoms with Gasteiger partial charge in [0.25, 0.3) is 0 Å². The zero-order valence-electron chi connectivity index (χ0n) is 11.8. The van der Waals surface area contributed by atoms with Gasteiger partial charge < -0.3 is 0 Å². The molecule has 4 nitrogen and oxygen atoms in total. The largest absolute Gasteiger partial charge is 0.253 e. The summed E-state index contributed by atoms with van der Waals surface area (Å²) in [5.74, 6) is 0.662. The van der Waals surface area contributed by atoms with Gasteiger partial charge in [-0.15, -0.1) is 0 Å². The van der Waals surface area contributed by atoms with E-state index in [1.54, 1.807) is 0 Å². The predicted molar refractivity (Wildman–Crippen MR) is 79.2 cm³/mol. The smallest absolute Gasteiger partial charge is 0.220 e. The van der Waals surface area contributed by atoms with Gasteiger partial charge in [-0.1, -0.05) is 25.3 Å². The van der Waals surface area contributed by atoms with Crippen molar-refractivity contribution in [2.75, 3.05) is 0 Å². The number of aromatic nitrogens is 1. The molecular formula is C16H19N4+. The molecule has 1 fully saturated rings. The van der Waals surface area contributed by atoms with E-state index < -0.39 is 0 Å². The van der Waals surface area contributed by atoms with Crippen molar-refractivity contribution in [3.63, 3.8) is 0 Å². The first-order chi connectivity index (χ1) is 9.78. The summed E-state index contributed by atoms with van der Waals surface area (Å²) in [5.41, 5.74) is 10.9. The molecule has 1 N–H and O–H groups in total. The molecule has 0 aliphatic heterocycles. The first kappa shape index (κ1) is 12.9. The van der Waals surface area contributed by atoms with E-state index in [9.17, 15) is 0 Å². The summed E-state index contributed by atoms with van der Waals surface area (Å²) in [4.78, 5) is 7.73. The van der Waals surface area contributed by atoms with Crippen molar-refractivity contribution in [1.82, 2.24) is 9.90 Å². The van der Waals surface area contributed by atoms with Crippen LogP contribution in [0, 0.1) is 12.5 Å². The lowest BCUT2D eigenvalue weighted by Crippen LogP contribution is -2.04. The minimum absolute atomic E-state index is 0.662. The van der Waals surface area contributed by atoms with Gasteiger partial charge in [-0.2, -0.15) is 0 Å². The minimum atomic E-state index is 0.662. The first-order valence-corrected chi connectivity index (χ1v) is 7.26. The van der Waals surface area contributed by atoms with Crippen molar-refractivity contribution in [1.29, 1.82) is 5.53 Å². The Balaban J connectivity index is 2.11.